The zero-order valence-electron chi connectivity index (χ0n) is 20.9. The maximum absolute atomic E-state index is 13.1. The number of carbonyl (C=O) groups excluding carboxylic acids is 1. The van der Waals surface area contributed by atoms with Crippen molar-refractivity contribution in [3.63, 3.8) is 0 Å². The minimum absolute atomic E-state index is 0.0467. The molecule has 0 atom stereocenters. The Balaban J connectivity index is 1.39. The molecule has 8 heteroatoms. The van der Waals surface area contributed by atoms with E-state index in [2.05, 4.69) is 48.0 Å². The summed E-state index contributed by atoms with van der Waals surface area (Å²) in [5.41, 5.74) is 2.57. The van der Waals surface area contributed by atoms with Crippen molar-refractivity contribution in [3.05, 3.63) is 58.9 Å². The number of rotatable bonds is 9. The third-order valence-corrected chi connectivity index (χ3v) is 7.40. The van der Waals surface area contributed by atoms with E-state index in [0.29, 0.717) is 28.5 Å². The van der Waals surface area contributed by atoms with Gasteiger partial charge in [-0.15, -0.1) is 0 Å². The second-order valence-corrected chi connectivity index (χ2v) is 10.3. The highest BCUT2D eigenvalue weighted by atomic mass is 32.2. The Kier molecular flexibility index (Phi) is 8.46. The molecule has 1 aliphatic heterocycles. The van der Waals surface area contributed by atoms with Crippen molar-refractivity contribution >= 4 is 39.9 Å². The van der Waals surface area contributed by atoms with Crippen LogP contribution < -0.4 is 15.8 Å². The lowest BCUT2D eigenvalue weighted by molar-refractivity contribution is -0.113. The minimum Gasteiger partial charge on any atom is -0.369 e. The maximum atomic E-state index is 13.1. The van der Waals surface area contributed by atoms with Gasteiger partial charge in [0.25, 0.3) is 5.56 Å². The van der Waals surface area contributed by atoms with E-state index >= 15 is 0 Å². The van der Waals surface area contributed by atoms with Gasteiger partial charge in [0.1, 0.15) is 0 Å². The quantitative estimate of drug-likeness (QED) is 0.354. The summed E-state index contributed by atoms with van der Waals surface area (Å²) < 4.78 is 1.72. The van der Waals surface area contributed by atoms with Crippen LogP contribution in [0.1, 0.15) is 27.2 Å². The molecule has 1 amide bonds. The molecular formula is C27H35N5O2S. The number of aromatic nitrogens is 2. The molecule has 186 valence electrons. The number of benzene rings is 2. The van der Waals surface area contributed by atoms with Crippen molar-refractivity contribution in [1.29, 1.82) is 0 Å². The van der Waals surface area contributed by atoms with Crippen LogP contribution in [-0.4, -0.2) is 58.8 Å². The number of hydrogen-bond donors (Lipinski definition) is 1. The van der Waals surface area contributed by atoms with E-state index < -0.39 is 0 Å². The van der Waals surface area contributed by atoms with Crippen LogP contribution in [0, 0.1) is 5.92 Å². The van der Waals surface area contributed by atoms with Crippen molar-refractivity contribution in [2.45, 2.75) is 38.9 Å². The van der Waals surface area contributed by atoms with Gasteiger partial charge in [-0.1, -0.05) is 44.7 Å². The van der Waals surface area contributed by atoms with E-state index in [4.69, 9.17) is 4.98 Å². The highest BCUT2D eigenvalue weighted by Gasteiger charge is 2.16. The first kappa shape index (κ1) is 25.3. The zero-order chi connectivity index (χ0) is 24.8. The van der Waals surface area contributed by atoms with Crippen LogP contribution in [0.15, 0.2) is 58.5 Å². The van der Waals surface area contributed by atoms with Crippen molar-refractivity contribution < 1.29 is 4.79 Å². The van der Waals surface area contributed by atoms with Gasteiger partial charge in [0.15, 0.2) is 5.16 Å². The van der Waals surface area contributed by atoms with E-state index in [1.54, 1.807) is 4.57 Å². The third-order valence-electron chi connectivity index (χ3n) is 6.42. The Labute approximate surface area is 211 Å². The average molecular weight is 494 g/mol. The number of piperazine rings is 1. The topological polar surface area (TPSA) is 70.5 Å². The minimum atomic E-state index is -0.114. The van der Waals surface area contributed by atoms with Gasteiger partial charge in [0.05, 0.1) is 16.7 Å². The molecule has 2 heterocycles. The number of amides is 1. The molecule has 0 bridgehead atoms. The van der Waals surface area contributed by atoms with Crippen LogP contribution in [0.5, 0.6) is 0 Å². The lowest BCUT2D eigenvalue weighted by atomic mass is 10.1. The molecule has 1 aliphatic rings. The summed E-state index contributed by atoms with van der Waals surface area (Å²) in [5.74, 6) is 0.540. The van der Waals surface area contributed by atoms with Crippen LogP contribution in [-0.2, 0) is 11.3 Å². The van der Waals surface area contributed by atoms with Crippen LogP contribution in [0.2, 0.25) is 0 Å². The van der Waals surface area contributed by atoms with E-state index in [0.717, 1.165) is 44.8 Å². The summed E-state index contributed by atoms with van der Waals surface area (Å²) in [6, 6.07) is 15.4. The SMILES string of the molecule is CCN1CCN(c2ccc(NC(=O)CSc3nc4ccccc4c(=O)n3CCC(C)C)cc2)CC1. The van der Waals surface area contributed by atoms with Crippen LogP contribution >= 0.6 is 11.8 Å². The molecule has 2 aromatic carbocycles. The Morgan fingerprint density at radius 1 is 1.06 bits per heavy atom. The Bertz CT molecular complexity index is 1200. The monoisotopic (exact) mass is 493 g/mol. The largest absolute Gasteiger partial charge is 0.369 e. The van der Waals surface area contributed by atoms with Gasteiger partial charge in [0.2, 0.25) is 5.91 Å². The molecule has 35 heavy (non-hydrogen) atoms. The first-order valence-electron chi connectivity index (χ1n) is 12.4. The number of nitrogens with one attached hydrogen (secondary N) is 1. The zero-order valence-corrected chi connectivity index (χ0v) is 21.7. The van der Waals surface area contributed by atoms with Crippen LogP contribution in [0.25, 0.3) is 10.9 Å². The first-order valence-corrected chi connectivity index (χ1v) is 13.4. The maximum Gasteiger partial charge on any atom is 0.262 e. The number of likely N-dealkylation sites (N-methyl/N-ethyl adjacent to an activating group) is 1. The predicted octanol–water partition coefficient (Wildman–Crippen LogP) is 4.32. The standard InChI is InChI=1S/C27H35N5O2S/c1-4-30-15-17-31(18-16-30)22-11-9-21(10-12-22)28-25(33)19-35-27-29-24-8-6-5-7-23(24)26(34)32(27)14-13-20(2)3/h5-12,20H,4,13-19H2,1-3H3,(H,28,33). The molecule has 4 rings (SSSR count). The molecule has 0 unspecified atom stereocenters. The fraction of sp³-hybridized carbons (Fsp3) is 0.444. The molecule has 0 aliphatic carbocycles. The molecule has 1 aromatic heterocycles. The molecule has 0 saturated carbocycles. The molecule has 1 fully saturated rings. The van der Waals surface area contributed by atoms with Gasteiger partial charge in [-0.2, -0.15) is 0 Å². The number of fused-ring (bicyclic) bond motifs is 1. The lowest BCUT2D eigenvalue weighted by Crippen LogP contribution is -2.46. The Morgan fingerprint density at radius 3 is 2.46 bits per heavy atom. The van der Waals surface area contributed by atoms with Gasteiger partial charge in [-0.3, -0.25) is 14.2 Å². The second kappa shape index (κ2) is 11.7. The van der Waals surface area contributed by atoms with Gasteiger partial charge in [-0.25, -0.2) is 4.98 Å². The fourth-order valence-electron chi connectivity index (χ4n) is 4.25. The fourth-order valence-corrected chi connectivity index (χ4v) is 5.07. The number of anilines is 2. The van der Waals surface area contributed by atoms with E-state index in [1.165, 1.54) is 17.4 Å². The number of nitrogens with zero attached hydrogens (tertiary/aromatic N) is 4. The van der Waals surface area contributed by atoms with E-state index in [1.807, 2.05) is 36.4 Å². The number of thioether (sulfide) groups is 1. The van der Waals surface area contributed by atoms with Crippen molar-refractivity contribution in [2.75, 3.05) is 48.7 Å². The highest BCUT2D eigenvalue weighted by Crippen LogP contribution is 2.22. The van der Waals surface area contributed by atoms with Crippen LogP contribution in [0.3, 0.4) is 0 Å². The summed E-state index contributed by atoms with van der Waals surface area (Å²) >= 11 is 1.31. The van der Waals surface area contributed by atoms with Gasteiger partial charge in [-0.05, 0) is 55.3 Å². The molecular weight excluding hydrogens is 458 g/mol. The summed E-state index contributed by atoms with van der Waals surface area (Å²) in [4.78, 5) is 35.3. The smallest absolute Gasteiger partial charge is 0.262 e. The first-order chi connectivity index (χ1) is 16.9. The Morgan fingerprint density at radius 2 is 1.77 bits per heavy atom. The molecule has 7 nitrogen and oxygen atoms in total. The molecule has 1 N–H and O–H groups in total. The van der Waals surface area contributed by atoms with Gasteiger partial charge >= 0.3 is 0 Å². The molecule has 1 saturated heterocycles. The average Bonchev–Trinajstić information content (AvgIpc) is 2.87. The van der Waals surface area contributed by atoms with Gasteiger partial charge < -0.3 is 15.1 Å². The van der Waals surface area contributed by atoms with E-state index in [9.17, 15) is 9.59 Å². The van der Waals surface area contributed by atoms with Crippen molar-refractivity contribution in [3.8, 4) is 0 Å². The lowest BCUT2D eigenvalue weighted by Gasteiger charge is -2.35. The Hall–Kier alpha value is -2.84. The molecule has 0 radical (unpaired) electrons. The molecule has 3 aromatic rings. The van der Waals surface area contributed by atoms with Gasteiger partial charge in [0, 0.05) is 44.1 Å². The molecule has 0 spiro atoms. The number of hydrogen-bond acceptors (Lipinski definition) is 6. The highest BCUT2D eigenvalue weighted by molar-refractivity contribution is 7.99. The predicted molar refractivity (Wildman–Crippen MR) is 146 cm³/mol. The van der Waals surface area contributed by atoms with E-state index in [-0.39, 0.29) is 17.2 Å². The van der Waals surface area contributed by atoms with Crippen molar-refractivity contribution in [2.24, 2.45) is 5.92 Å². The number of carbonyl (C=O) groups is 1. The second-order valence-electron chi connectivity index (χ2n) is 9.36. The number of para-hydroxylation sites is 1. The summed E-state index contributed by atoms with van der Waals surface area (Å²) in [6.07, 6.45) is 0.875. The normalized spacial score (nSPS) is 14.6. The third kappa shape index (κ3) is 6.44. The van der Waals surface area contributed by atoms with Crippen molar-refractivity contribution in [1.82, 2.24) is 14.5 Å². The van der Waals surface area contributed by atoms with Crippen LogP contribution in [0.4, 0.5) is 11.4 Å². The summed E-state index contributed by atoms with van der Waals surface area (Å²) in [7, 11) is 0. The summed E-state index contributed by atoms with van der Waals surface area (Å²) in [5, 5.41) is 4.18. The summed E-state index contributed by atoms with van der Waals surface area (Å²) in [6.45, 7) is 12.4.